The van der Waals surface area contributed by atoms with Crippen molar-refractivity contribution in [2.24, 2.45) is 0 Å². The molecule has 0 atom stereocenters. The van der Waals surface area contributed by atoms with Gasteiger partial charge in [0.2, 0.25) is 0 Å². The van der Waals surface area contributed by atoms with Gasteiger partial charge in [0.05, 0.1) is 33.8 Å². The van der Waals surface area contributed by atoms with Crippen molar-refractivity contribution in [3.63, 3.8) is 0 Å². The Morgan fingerprint density at radius 2 is 1.75 bits per heavy atom. The molecule has 1 aliphatic rings. The van der Waals surface area contributed by atoms with Crippen molar-refractivity contribution in [3.8, 4) is 0 Å². The quantitative estimate of drug-likeness (QED) is 0.609. The van der Waals surface area contributed by atoms with Crippen LogP contribution in [0.1, 0.15) is 32.6 Å². The maximum atomic E-state index is 9.33. The Morgan fingerprint density at radius 3 is 2.06 bits per heavy atom. The Bertz CT molecular complexity index is 271. The smallest absolute Gasteiger partial charge is 0.326 e. The van der Waals surface area contributed by atoms with E-state index in [0.717, 1.165) is 7.11 Å². The second-order valence-electron chi connectivity index (χ2n) is 4.45. The Hall–Kier alpha value is -0.170. The fraction of sp³-hybridized carbons (Fsp3) is 1.00. The van der Waals surface area contributed by atoms with Gasteiger partial charge < -0.3 is 4.48 Å². The average molecular weight is 254 g/mol. The number of unbranched alkanes of at least 4 members (excludes halogenated alkanes) is 1. The van der Waals surface area contributed by atoms with Crippen LogP contribution < -0.4 is 0 Å². The maximum absolute atomic E-state index is 9.33. The average Bonchev–Trinajstić information content (AvgIpc) is 2.63. The lowest BCUT2D eigenvalue weighted by Gasteiger charge is -2.28. The SMILES string of the molecule is CCCC[N+]1(C)CCCC1.COS(=O)(=O)O. The minimum absolute atomic E-state index is 0.870. The number of likely N-dealkylation sites (tertiary alicyclic amines) is 1. The summed E-state index contributed by atoms with van der Waals surface area (Å²) in [5, 5.41) is 0. The second-order valence-corrected chi connectivity index (χ2v) is 5.63. The van der Waals surface area contributed by atoms with E-state index >= 15 is 0 Å². The first-order chi connectivity index (χ1) is 7.33. The van der Waals surface area contributed by atoms with Gasteiger partial charge in [0.15, 0.2) is 0 Å². The van der Waals surface area contributed by atoms with Crippen molar-refractivity contribution >= 4 is 10.4 Å². The predicted molar refractivity (Wildman–Crippen MR) is 63.5 cm³/mol. The number of rotatable bonds is 4. The van der Waals surface area contributed by atoms with Crippen LogP contribution in [0.15, 0.2) is 0 Å². The zero-order valence-corrected chi connectivity index (χ0v) is 11.3. The molecule has 98 valence electrons. The molecule has 0 amide bonds. The lowest BCUT2D eigenvalue weighted by atomic mass is 10.3. The van der Waals surface area contributed by atoms with Crippen molar-refractivity contribution < 1.29 is 21.6 Å². The lowest BCUT2D eigenvalue weighted by molar-refractivity contribution is -0.897. The Morgan fingerprint density at radius 1 is 1.31 bits per heavy atom. The van der Waals surface area contributed by atoms with E-state index in [-0.39, 0.29) is 0 Å². The highest BCUT2D eigenvalue weighted by Crippen LogP contribution is 2.16. The van der Waals surface area contributed by atoms with Crippen molar-refractivity contribution in [1.29, 1.82) is 0 Å². The van der Waals surface area contributed by atoms with Crippen LogP contribution >= 0.6 is 0 Å². The van der Waals surface area contributed by atoms with Gasteiger partial charge in [0, 0.05) is 12.8 Å². The molecule has 1 heterocycles. The van der Waals surface area contributed by atoms with Crippen LogP contribution in [0.2, 0.25) is 0 Å². The third-order valence-corrected chi connectivity index (χ3v) is 3.33. The third kappa shape index (κ3) is 8.04. The summed E-state index contributed by atoms with van der Waals surface area (Å²) in [6.07, 6.45) is 5.69. The molecule has 0 aliphatic carbocycles. The van der Waals surface area contributed by atoms with Gasteiger partial charge in [-0.2, -0.15) is 8.42 Å². The van der Waals surface area contributed by atoms with Gasteiger partial charge in [-0.3, -0.25) is 8.74 Å². The van der Waals surface area contributed by atoms with E-state index in [1.807, 2.05) is 0 Å². The van der Waals surface area contributed by atoms with E-state index in [1.165, 1.54) is 49.8 Å². The van der Waals surface area contributed by atoms with E-state index in [1.54, 1.807) is 0 Å². The standard InChI is InChI=1S/C9H20N.CH4O4S/c1-3-4-7-10(2)8-5-6-9-10;1-5-6(2,3)4/h3-9H2,1-2H3;1H3,(H,2,3,4)/q+1;. The van der Waals surface area contributed by atoms with Crippen LogP contribution in [0.25, 0.3) is 0 Å². The van der Waals surface area contributed by atoms with E-state index < -0.39 is 10.4 Å². The summed E-state index contributed by atoms with van der Waals surface area (Å²) >= 11 is 0. The Balaban J connectivity index is 0.000000325. The number of hydrogen-bond acceptors (Lipinski definition) is 3. The molecule has 0 spiro atoms. The summed E-state index contributed by atoms with van der Waals surface area (Å²) in [5.41, 5.74) is 0. The van der Waals surface area contributed by atoms with Crippen LogP contribution in [0.4, 0.5) is 0 Å². The molecule has 1 fully saturated rings. The molecule has 0 saturated carbocycles. The van der Waals surface area contributed by atoms with Gasteiger partial charge in [-0.25, -0.2) is 0 Å². The van der Waals surface area contributed by atoms with Crippen molar-refractivity contribution in [2.75, 3.05) is 33.8 Å². The minimum atomic E-state index is -4.16. The first-order valence-corrected chi connectivity index (χ1v) is 7.06. The molecule has 1 rings (SSSR count). The molecule has 5 nitrogen and oxygen atoms in total. The summed E-state index contributed by atoms with van der Waals surface area (Å²) in [6, 6.07) is 0. The van der Waals surface area contributed by atoms with E-state index in [4.69, 9.17) is 4.55 Å². The van der Waals surface area contributed by atoms with Crippen LogP contribution in [-0.4, -0.2) is 51.2 Å². The normalized spacial score (nSPS) is 19.0. The van der Waals surface area contributed by atoms with Crippen molar-refractivity contribution in [2.45, 2.75) is 32.6 Å². The largest absolute Gasteiger partial charge is 0.397 e. The van der Waals surface area contributed by atoms with E-state index in [0.29, 0.717) is 0 Å². The molecule has 0 aromatic carbocycles. The van der Waals surface area contributed by atoms with Crippen molar-refractivity contribution in [3.05, 3.63) is 0 Å². The number of quaternary nitrogens is 1. The maximum Gasteiger partial charge on any atom is 0.397 e. The van der Waals surface area contributed by atoms with Crippen molar-refractivity contribution in [1.82, 2.24) is 0 Å². The Kier molecular flexibility index (Phi) is 7.14. The fourth-order valence-electron chi connectivity index (χ4n) is 1.86. The highest BCUT2D eigenvalue weighted by molar-refractivity contribution is 7.80. The highest BCUT2D eigenvalue weighted by atomic mass is 32.3. The summed E-state index contributed by atoms with van der Waals surface area (Å²) in [7, 11) is -0.886. The fourth-order valence-corrected chi connectivity index (χ4v) is 1.86. The van der Waals surface area contributed by atoms with Gasteiger partial charge in [0.25, 0.3) is 0 Å². The van der Waals surface area contributed by atoms with Gasteiger partial charge in [-0.1, -0.05) is 13.3 Å². The molecule has 0 aromatic heterocycles. The predicted octanol–water partition coefficient (Wildman–Crippen LogP) is 1.46. The van der Waals surface area contributed by atoms with Gasteiger partial charge in [-0.05, 0) is 6.42 Å². The number of nitrogens with zero attached hydrogens (tertiary/aromatic N) is 1. The summed E-state index contributed by atoms with van der Waals surface area (Å²) in [5.74, 6) is 0. The minimum Gasteiger partial charge on any atom is -0.326 e. The molecule has 0 aromatic rings. The summed E-state index contributed by atoms with van der Waals surface area (Å²) < 4.78 is 31.1. The van der Waals surface area contributed by atoms with E-state index in [9.17, 15) is 8.42 Å². The zero-order chi connectivity index (χ0) is 12.7. The molecule has 0 bridgehead atoms. The lowest BCUT2D eigenvalue weighted by Crippen LogP contribution is -2.41. The summed E-state index contributed by atoms with van der Waals surface area (Å²) in [6.45, 7) is 6.55. The molecule has 0 unspecified atom stereocenters. The first kappa shape index (κ1) is 15.8. The van der Waals surface area contributed by atoms with Crippen LogP contribution in [-0.2, 0) is 14.6 Å². The molecule has 1 saturated heterocycles. The van der Waals surface area contributed by atoms with Crippen LogP contribution in [0.5, 0.6) is 0 Å². The number of hydrogen-bond donors (Lipinski definition) is 1. The molecule has 16 heavy (non-hydrogen) atoms. The van der Waals surface area contributed by atoms with Crippen LogP contribution in [0.3, 0.4) is 0 Å². The molecule has 1 aliphatic heterocycles. The monoisotopic (exact) mass is 254 g/mol. The topological polar surface area (TPSA) is 63.6 Å². The Labute approximate surface area is 98.9 Å². The van der Waals surface area contributed by atoms with E-state index in [2.05, 4.69) is 18.2 Å². The van der Waals surface area contributed by atoms with Gasteiger partial charge in [-0.15, -0.1) is 0 Å². The van der Waals surface area contributed by atoms with Crippen LogP contribution in [0, 0.1) is 0 Å². The first-order valence-electron chi connectivity index (χ1n) is 5.69. The molecular weight excluding hydrogens is 230 g/mol. The molecular formula is C10H24NO4S+. The molecule has 0 radical (unpaired) electrons. The summed E-state index contributed by atoms with van der Waals surface area (Å²) in [4.78, 5) is 0. The molecule has 1 N–H and O–H groups in total. The van der Waals surface area contributed by atoms with Gasteiger partial charge >= 0.3 is 10.4 Å². The highest BCUT2D eigenvalue weighted by Gasteiger charge is 2.25. The molecule has 6 heteroatoms. The second kappa shape index (κ2) is 7.21. The third-order valence-electron chi connectivity index (χ3n) is 2.91. The zero-order valence-electron chi connectivity index (χ0n) is 10.5. The van der Waals surface area contributed by atoms with Gasteiger partial charge in [0.1, 0.15) is 0 Å².